The van der Waals surface area contributed by atoms with Crippen LogP contribution >= 0.6 is 23.5 Å². The van der Waals surface area contributed by atoms with Crippen LogP contribution in [-0.2, 0) is 36.4 Å². The van der Waals surface area contributed by atoms with Gasteiger partial charge in [-0.1, -0.05) is 30.0 Å². The lowest BCUT2D eigenvalue weighted by Crippen LogP contribution is -2.76. The van der Waals surface area contributed by atoms with Crippen LogP contribution in [0.25, 0.3) is 33.4 Å². The summed E-state index contributed by atoms with van der Waals surface area (Å²) >= 11 is 0. The van der Waals surface area contributed by atoms with Crippen molar-refractivity contribution in [2.45, 2.75) is 65.7 Å². The van der Waals surface area contributed by atoms with Crippen LogP contribution in [0.1, 0.15) is 72.8 Å². The number of H-pyrrole nitrogens is 1. The van der Waals surface area contributed by atoms with E-state index in [1.54, 1.807) is 18.0 Å². The molecule has 5 atom stereocenters. The largest absolute Gasteiger partial charge is 0.756 e. The van der Waals surface area contributed by atoms with Gasteiger partial charge in [0.15, 0.2) is 0 Å². The molecule has 0 bridgehead atoms. The van der Waals surface area contributed by atoms with Crippen molar-refractivity contribution in [1.82, 2.24) is 19.8 Å². The van der Waals surface area contributed by atoms with Crippen molar-refractivity contribution in [3.8, 4) is 34.3 Å². The third-order valence-corrected chi connectivity index (χ3v) is 14.4. The molecule has 3 heterocycles. The van der Waals surface area contributed by atoms with Crippen molar-refractivity contribution in [3.05, 3.63) is 103 Å². The van der Waals surface area contributed by atoms with Crippen molar-refractivity contribution in [1.29, 1.82) is 0 Å². The number of carbonyl (C=O) groups excluding carboxylic acids is 2. The van der Waals surface area contributed by atoms with E-state index in [0.29, 0.717) is 23.3 Å². The van der Waals surface area contributed by atoms with Gasteiger partial charge in [0, 0.05) is 72.1 Å². The summed E-state index contributed by atoms with van der Waals surface area (Å²) in [6.45, 7) is 8.93. The SMILES string of the molecule is CCNc1cc2oc3cc(=[NH+]CC)c(C)cc-3c(-c3ccccc3C(=O)N(C)CCCC(=O)NCC#Cc3cn([C@H]4CC[C@@H](COP(=O)(O)OP(=O)(O)OP(=O)([O-])O)O4)c(=O)[nH]c3=O)c2cc1C. The lowest BCUT2D eigenvalue weighted by molar-refractivity contribution is -0.496. The topological polar surface area (TPSA) is 315 Å². The molecular formula is C43H51N6O16P3. The molecule has 2 aliphatic heterocycles. The molecule has 1 saturated heterocycles. The van der Waals surface area contributed by atoms with Crippen molar-refractivity contribution >= 4 is 51.9 Å². The summed E-state index contributed by atoms with van der Waals surface area (Å²) in [5.41, 5.74) is 4.76. The van der Waals surface area contributed by atoms with E-state index in [0.717, 1.165) is 68.1 Å². The zero-order chi connectivity index (χ0) is 49.6. The fourth-order valence-corrected chi connectivity index (χ4v) is 10.6. The number of rotatable bonds is 18. The van der Waals surface area contributed by atoms with Gasteiger partial charge in [-0.05, 0) is 76.3 Å². The Labute approximate surface area is 389 Å². The number of hydrogen-bond acceptors (Lipinski definition) is 14. The average Bonchev–Trinajstić information content (AvgIpc) is 3.73. The highest BCUT2D eigenvalue weighted by Crippen LogP contribution is 2.65. The number of nitrogens with one attached hydrogen (secondary N) is 4. The van der Waals surface area contributed by atoms with Crippen LogP contribution < -0.4 is 37.1 Å². The fourth-order valence-electron chi connectivity index (χ4n) is 7.57. The van der Waals surface area contributed by atoms with Gasteiger partial charge in [0.05, 0.1) is 25.3 Å². The number of aromatic nitrogens is 2. The third kappa shape index (κ3) is 13.2. The first-order valence-electron chi connectivity index (χ1n) is 21.3. The molecule has 2 aromatic carbocycles. The van der Waals surface area contributed by atoms with Gasteiger partial charge >= 0.3 is 21.3 Å². The molecule has 0 saturated carbocycles. The van der Waals surface area contributed by atoms with Crippen molar-refractivity contribution in [2.75, 3.05) is 45.2 Å². The van der Waals surface area contributed by atoms with E-state index < -0.39 is 53.7 Å². The predicted octanol–water partition coefficient (Wildman–Crippen LogP) is 2.51. The molecule has 0 spiro atoms. The minimum atomic E-state index is -5.83. The number of benzene rings is 3. The van der Waals surface area contributed by atoms with Crippen LogP contribution in [0, 0.1) is 25.7 Å². The zero-order valence-corrected chi connectivity index (χ0v) is 40.3. The Hall–Kier alpha value is -5.52. The normalized spacial score (nSPS) is 17.8. The zero-order valence-electron chi connectivity index (χ0n) is 37.6. The molecule has 3 unspecified atom stereocenters. The number of anilines is 1. The van der Waals surface area contributed by atoms with Crippen molar-refractivity contribution in [2.24, 2.45) is 0 Å². The Morgan fingerprint density at radius 2 is 1.76 bits per heavy atom. The van der Waals surface area contributed by atoms with Crippen LogP contribution in [0.2, 0.25) is 0 Å². The van der Waals surface area contributed by atoms with Gasteiger partial charge in [-0.25, -0.2) is 23.2 Å². The van der Waals surface area contributed by atoms with Gasteiger partial charge in [0.2, 0.25) is 11.3 Å². The van der Waals surface area contributed by atoms with Crippen molar-refractivity contribution < 1.29 is 70.1 Å². The van der Waals surface area contributed by atoms with Crippen LogP contribution in [-0.4, -0.2) is 86.9 Å². The van der Waals surface area contributed by atoms with Gasteiger partial charge < -0.3 is 44.3 Å². The molecular weight excluding hydrogens is 949 g/mol. The molecule has 2 amide bonds. The van der Waals surface area contributed by atoms with Gasteiger partial charge in [-0.15, -0.1) is 0 Å². The Kier molecular flexibility index (Phi) is 16.7. The number of phosphoric acid groups is 3. The maximum atomic E-state index is 14.2. The smallest absolute Gasteiger partial charge is 0.487 e. The summed E-state index contributed by atoms with van der Waals surface area (Å²) < 4.78 is 59.4. The molecule has 1 aromatic heterocycles. The first-order chi connectivity index (χ1) is 32.1. The molecule has 364 valence electrons. The number of hydrogen-bond donors (Lipinski definition) is 7. The molecule has 25 heteroatoms. The van der Waals surface area contributed by atoms with E-state index in [2.05, 4.69) is 57.7 Å². The second-order valence-corrected chi connectivity index (χ2v) is 20.1. The molecule has 3 aliphatic rings. The molecule has 7 N–H and O–H groups in total. The predicted molar refractivity (Wildman–Crippen MR) is 245 cm³/mol. The minimum absolute atomic E-state index is 0.0580. The monoisotopic (exact) mass is 1000 g/mol. The molecule has 22 nitrogen and oxygen atoms in total. The van der Waals surface area contributed by atoms with Crippen LogP contribution in [0.4, 0.5) is 5.69 Å². The number of aryl methyl sites for hydroxylation is 2. The molecule has 0 radical (unpaired) electrons. The maximum Gasteiger partial charge on any atom is 0.487 e. The number of phosphoric ester groups is 1. The van der Waals surface area contributed by atoms with E-state index in [4.69, 9.17) is 14.0 Å². The molecule has 6 rings (SSSR count). The van der Waals surface area contributed by atoms with Gasteiger partial charge in [0.1, 0.15) is 29.7 Å². The molecule has 1 fully saturated rings. The second-order valence-electron chi connectivity index (χ2n) is 15.7. The number of ether oxygens (including phenoxy) is 1. The van der Waals surface area contributed by atoms with Gasteiger partial charge in [0.25, 0.3) is 19.3 Å². The van der Waals surface area contributed by atoms with Gasteiger partial charge in [-0.2, -0.15) is 4.31 Å². The fraction of sp³-hybridized carbons (Fsp3) is 0.372. The summed E-state index contributed by atoms with van der Waals surface area (Å²) in [6, 6.07) is 15.6. The number of carbonyl (C=O) groups is 2. The summed E-state index contributed by atoms with van der Waals surface area (Å²) in [5, 5.41) is 7.86. The number of amides is 2. The Morgan fingerprint density at radius 1 is 1.01 bits per heavy atom. The highest BCUT2D eigenvalue weighted by atomic mass is 31.3. The average molecular weight is 1000 g/mol. The lowest BCUT2D eigenvalue weighted by atomic mass is 9.89. The highest BCUT2D eigenvalue weighted by molar-refractivity contribution is 7.66. The van der Waals surface area contributed by atoms with Crippen LogP contribution in [0.5, 0.6) is 0 Å². The number of fused-ring (bicyclic) bond motifs is 2. The Balaban J connectivity index is 1.06. The van der Waals surface area contributed by atoms with E-state index in [1.807, 2.05) is 58.0 Å². The Bertz CT molecular complexity index is 3100. The molecule has 1 aliphatic carbocycles. The highest BCUT2D eigenvalue weighted by Gasteiger charge is 2.39. The summed E-state index contributed by atoms with van der Waals surface area (Å²) in [7, 11) is -15.4. The third-order valence-electron chi connectivity index (χ3n) is 10.6. The summed E-state index contributed by atoms with van der Waals surface area (Å²) in [6.07, 6.45) is -0.242. The molecule has 3 aromatic rings. The summed E-state index contributed by atoms with van der Waals surface area (Å²) in [5.74, 6) is 5.34. The summed E-state index contributed by atoms with van der Waals surface area (Å²) in [4.78, 5) is 97.5. The van der Waals surface area contributed by atoms with E-state index >= 15 is 0 Å². The van der Waals surface area contributed by atoms with Crippen LogP contribution in [0.15, 0.2) is 68.7 Å². The van der Waals surface area contributed by atoms with E-state index in [-0.39, 0.29) is 49.7 Å². The number of nitrogens with zero attached hydrogens (tertiary/aromatic N) is 2. The Morgan fingerprint density at radius 3 is 2.49 bits per heavy atom. The number of aromatic amines is 1. The van der Waals surface area contributed by atoms with E-state index in [9.17, 15) is 47.6 Å². The second kappa shape index (κ2) is 21.8. The lowest BCUT2D eigenvalue weighted by Gasteiger charge is -2.22. The maximum absolute atomic E-state index is 14.2. The molecule has 68 heavy (non-hydrogen) atoms. The van der Waals surface area contributed by atoms with Crippen molar-refractivity contribution in [3.63, 3.8) is 0 Å². The minimum Gasteiger partial charge on any atom is -0.756 e. The van der Waals surface area contributed by atoms with E-state index in [1.165, 1.54) is 0 Å². The first kappa shape index (κ1) is 51.9. The van der Waals surface area contributed by atoms with Crippen LogP contribution in [0.3, 0.4) is 0 Å². The first-order valence-corrected chi connectivity index (χ1v) is 25.8. The van der Waals surface area contributed by atoms with Gasteiger partial charge in [-0.3, -0.25) is 33.0 Å². The quantitative estimate of drug-likeness (QED) is 0.0377. The standard InChI is InChI=1S/C43H51N6O16P3/c1-6-44-34-22-36-32(20-26(34)3)40(33-21-27(4)35(45-7-2)23-37(33)63-36)30-13-8-9-14-31(30)42(52)48(5)19-11-15-38(50)46-18-10-12-28-24-49(43(53)47-41(28)51)39-17-16-29(62-39)25-61-67(57,58)65-68(59,60)64-66(54,55)56/h8-9,13-14,20-24,29,39,44H,6-7,11,15-19,25H2,1-5H3,(H,46,50)(H,57,58)(H,59,60)(H,47,51,53)(H2,54,55,56)/t29-,39+/m0/s1.